The second kappa shape index (κ2) is 4.50. The molecule has 2 aromatic carbocycles. The third-order valence-electron chi connectivity index (χ3n) is 3.75. The zero-order chi connectivity index (χ0) is 12.5. The third kappa shape index (κ3) is 1.91. The van der Waals surface area contributed by atoms with Crippen LogP contribution in [0.25, 0.3) is 10.8 Å². The zero-order valence-corrected chi connectivity index (χ0v) is 10.8. The molecular formula is C15H18N2O. The highest BCUT2D eigenvalue weighted by Crippen LogP contribution is 2.26. The van der Waals surface area contributed by atoms with Gasteiger partial charge in [-0.1, -0.05) is 12.1 Å². The fraction of sp³-hybridized carbons (Fsp3) is 0.333. The Morgan fingerprint density at radius 1 is 1.11 bits per heavy atom. The van der Waals surface area contributed by atoms with Crippen molar-refractivity contribution in [3.63, 3.8) is 0 Å². The van der Waals surface area contributed by atoms with E-state index in [9.17, 15) is 0 Å². The van der Waals surface area contributed by atoms with Gasteiger partial charge in [0, 0.05) is 25.8 Å². The highest BCUT2D eigenvalue weighted by atomic mass is 16.5. The van der Waals surface area contributed by atoms with E-state index in [0.29, 0.717) is 6.04 Å². The van der Waals surface area contributed by atoms with Crippen molar-refractivity contribution in [1.82, 2.24) is 5.32 Å². The lowest BCUT2D eigenvalue weighted by Crippen LogP contribution is -2.56. The minimum atomic E-state index is 0.626. The quantitative estimate of drug-likeness (QED) is 0.893. The van der Waals surface area contributed by atoms with Crippen LogP contribution in [-0.2, 0) is 0 Å². The van der Waals surface area contributed by atoms with Gasteiger partial charge < -0.3 is 15.0 Å². The smallest absolute Gasteiger partial charge is 0.119 e. The van der Waals surface area contributed by atoms with Crippen LogP contribution in [0.5, 0.6) is 5.75 Å². The Bertz CT molecular complexity index is 563. The van der Waals surface area contributed by atoms with Gasteiger partial charge in [-0.3, -0.25) is 0 Å². The summed E-state index contributed by atoms with van der Waals surface area (Å²) in [6, 6.07) is 13.4. The number of rotatable bonds is 3. The number of nitrogens with one attached hydrogen (secondary N) is 1. The van der Waals surface area contributed by atoms with Crippen molar-refractivity contribution in [3.05, 3.63) is 36.4 Å². The van der Waals surface area contributed by atoms with Gasteiger partial charge in [-0.15, -0.1) is 0 Å². The van der Waals surface area contributed by atoms with E-state index in [2.05, 4.69) is 47.6 Å². The van der Waals surface area contributed by atoms with Crippen LogP contribution < -0.4 is 15.0 Å². The SMILES string of the molecule is COc1ccc2cc(N(C)C3CNC3)ccc2c1. The van der Waals surface area contributed by atoms with Crippen LogP contribution in [0.3, 0.4) is 0 Å². The normalized spacial score (nSPS) is 15.4. The number of hydrogen-bond donors (Lipinski definition) is 1. The predicted molar refractivity (Wildman–Crippen MR) is 75.6 cm³/mol. The van der Waals surface area contributed by atoms with Crippen molar-refractivity contribution < 1.29 is 4.74 Å². The molecule has 18 heavy (non-hydrogen) atoms. The number of hydrogen-bond acceptors (Lipinski definition) is 3. The summed E-state index contributed by atoms with van der Waals surface area (Å²) in [6.45, 7) is 2.16. The first-order valence-electron chi connectivity index (χ1n) is 6.29. The van der Waals surface area contributed by atoms with Gasteiger partial charge in [0.15, 0.2) is 0 Å². The molecule has 0 saturated carbocycles. The van der Waals surface area contributed by atoms with E-state index in [-0.39, 0.29) is 0 Å². The molecule has 0 amide bonds. The second-order valence-corrected chi connectivity index (χ2v) is 4.82. The molecule has 1 heterocycles. The summed E-state index contributed by atoms with van der Waals surface area (Å²) >= 11 is 0. The first kappa shape index (κ1) is 11.4. The predicted octanol–water partition coefficient (Wildman–Crippen LogP) is 2.26. The number of benzene rings is 2. The van der Waals surface area contributed by atoms with Crippen LogP contribution in [0.4, 0.5) is 5.69 Å². The zero-order valence-electron chi connectivity index (χ0n) is 10.8. The minimum absolute atomic E-state index is 0.626. The Morgan fingerprint density at radius 3 is 2.50 bits per heavy atom. The number of fused-ring (bicyclic) bond motifs is 1. The minimum Gasteiger partial charge on any atom is -0.497 e. The van der Waals surface area contributed by atoms with Crippen LogP contribution in [-0.4, -0.2) is 33.3 Å². The van der Waals surface area contributed by atoms with Crippen molar-refractivity contribution in [1.29, 1.82) is 0 Å². The van der Waals surface area contributed by atoms with Crippen molar-refractivity contribution in [2.75, 3.05) is 32.1 Å². The van der Waals surface area contributed by atoms with Crippen LogP contribution in [0.15, 0.2) is 36.4 Å². The molecule has 94 valence electrons. The average molecular weight is 242 g/mol. The first-order chi connectivity index (χ1) is 8.78. The molecule has 3 rings (SSSR count). The van der Waals surface area contributed by atoms with E-state index < -0.39 is 0 Å². The van der Waals surface area contributed by atoms with Crippen molar-refractivity contribution in [2.45, 2.75) is 6.04 Å². The molecule has 1 saturated heterocycles. The summed E-state index contributed by atoms with van der Waals surface area (Å²) in [5.74, 6) is 0.909. The number of ether oxygens (including phenoxy) is 1. The Balaban J connectivity index is 1.95. The molecule has 1 N–H and O–H groups in total. The summed E-state index contributed by atoms with van der Waals surface area (Å²) in [4.78, 5) is 2.35. The van der Waals surface area contributed by atoms with Gasteiger partial charge in [-0.05, 0) is 35.0 Å². The largest absolute Gasteiger partial charge is 0.497 e. The maximum atomic E-state index is 5.25. The fourth-order valence-corrected chi connectivity index (χ4v) is 2.32. The van der Waals surface area contributed by atoms with Crippen LogP contribution in [0.1, 0.15) is 0 Å². The summed E-state index contributed by atoms with van der Waals surface area (Å²) in [5, 5.41) is 5.78. The number of nitrogens with zero attached hydrogens (tertiary/aromatic N) is 1. The fourth-order valence-electron chi connectivity index (χ4n) is 2.32. The van der Waals surface area contributed by atoms with Crippen LogP contribution in [0.2, 0.25) is 0 Å². The standard InChI is InChI=1S/C15H18N2O/c1-17(14-9-16-10-14)13-5-3-12-8-15(18-2)6-4-11(12)7-13/h3-8,14,16H,9-10H2,1-2H3. The van der Waals surface area contributed by atoms with Gasteiger partial charge in [0.05, 0.1) is 13.2 Å². The van der Waals surface area contributed by atoms with Crippen LogP contribution >= 0.6 is 0 Å². The summed E-state index contributed by atoms with van der Waals surface area (Å²) in [7, 11) is 3.86. The van der Waals surface area contributed by atoms with Crippen molar-refractivity contribution >= 4 is 16.5 Å². The van der Waals surface area contributed by atoms with Gasteiger partial charge in [-0.2, -0.15) is 0 Å². The Labute approximate surface area is 107 Å². The summed E-state index contributed by atoms with van der Waals surface area (Å²) < 4.78 is 5.25. The van der Waals surface area contributed by atoms with E-state index in [1.54, 1.807) is 7.11 Å². The molecule has 0 spiro atoms. The van der Waals surface area contributed by atoms with Crippen molar-refractivity contribution in [3.8, 4) is 5.75 Å². The molecule has 0 aliphatic carbocycles. The number of anilines is 1. The highest BCUT2D eigenvalue weighted by molar-refractivity contribution is 5.87. The van der Waals surface area contributed by atoms with E-state index in [4.69, 9.17) is 4.74 Å². The van der Waals surface area contributed by atoms with Crippen molar-refractivity contribution in [2.24, 2.45) is 0 Å². The maximum absolute atomic E-state index is 5.25. The second-order valence-electron chi connectivity index (χ2n) is 4.82. The molecule has 3 nitrogen and oxygen atoms in total. The van der Waals surface area contributed by atoms with E-state index in [1.165, 1.54) is 16.5 Å². The molecule has 1 aliphatic heterocycles. The molecular weight excluding hydrogens is 224 g/mol. The average Bonchev–Trinajstić information content (AvgIpc) is 2.35. The van der Waals surface area contributed by atoms with Gasteiger partial charge in [0.2, 0.25) is 0 Å². The van der Waals surface area contributed by atoms with Gasteiger partial charge in [0.25, 0.3) is 0 Å². The molecule has 0 aromatic heterocycles. The van der Waals surface area contributed by atoms with Gasteiger partial charge in [-0.25, -0.2) is 0 Å². The lowest BCUT2D eigenvalue weighted by atomic mass is 10.1. The maximum Gasteiger partial charge on any atom is 0.119 e. The Kier molecular flexibility index (Phi) is 2.84. The molecule has 0 unspecified atom stereocenters. The first-order valence-corrected chi connectivity index (χ1v) is 6.29. The monoisotopic (exact) mass is 242 g/mol. The lowest BCUT2D eigenvalue weighted by Gasteiger charge is -2.37. The highest BCUT2D eigenvalue weighted by Gasteiger charge is 2.21. The Morgan fingerprint density at radius 2 is 1.83 bits per heavy atom. The number of methoxy groups -OCH3 is 1. The summed E-state index contributed by atoms with van der Waals surface area (Å²) in [6.07, 6.45) is 0. The molecule has 0 atom stereocenters. The Hall–Kier alpha value is -1.74. The molecule has 1 aliphatic rings. The lowest BCUT2D eigenvalue weighted by molar-refractivity contribution is 0.415. The third-order valence-corrected chi connectivity index (χ3v) is 3.75. The number of likely N-dealkylation sites (N-methyl/N-ethyl adjacent to an activating group) is 1. The molecule has 0 bridgehead atoms. The molecule has 3 heteroatoms. The van der Waals surface area contributed by atoms with Gasteiger partial charge in [0.1, 0.15) is 5.75 Å². The summed E-state index contributed by atoms with van der Waals surface area (Å²) in [5.41, 5.74) is 1.28. The topological polar surface area (TPSA) is 24.5 Å². The van der Waals surface area contributed by atoms with E-state index in [0.717, 1.165) is 18.8 Å². The van der Waals surface area contributed by atoms with Gasteiger partial charge >= 0.3 is 0 Å². The van der Waals surface area contributed by atoms with E-state index in [1.807, 2.05) is 6.07 Å². The van der Waals surface area contributed by atoms with Crippen LogP contribution in [0, 0.1) is 0 Å². The molecule has 0 radical (unpaired) electrons. The van der Waals surface area contributed by atoms with E-state index >= 15 is 0 Å². The molecule has 1 fully saturated rings. The molecule has 2 aromatic rings.